The van der Waals surface area contributed by atoms with Crippen molar-refractivity contribution < 1.29 is 13.9 Å². The van der Waals surface area contributed by atoms with E-state index in [1.54, 1.807) is 42.2 Å². The Labute approximate surface area is 188 Å². The van der Waals surface area contributed by atoms with E-state index >= 15 is 0 Å². The molecule has 3 aromatic heterocycles. The molecular formula is C19H15FN4O2S4. The first kappa shape index (κ1) is 20.9. The van der Waals surface area contributed by atoms with E-state index in [9.17, 15) is 9.18 Å². The number of nitrogens with one attached hydrogen (secondary N) is 1. The fourth-order valence-corrected chi connectivity index (χ4v) is 5.79. The van der Waals surface area contributed by atoms with Crippen LogP contribution in [-0.2, 0) is 12.4 Å². The van der Waals surface area contributed by atoms with E-state index in [1.807, 2.05) is 11.4 Å². The lowest BCUT2D eigenvalue weighted by atomic mass is 10.3. The van der Waals surface area contributed by atoms with Gasteiger partial charge in [-0.25, -0.2) is 9.37 Å². The summed E-state index contributed by atoms with van der Waals surface area (Å²) in [6.45, 7) is 1.97. The molecule has 6 nitrogen and oxygen atoms in total. The van der Waals surface area contributed by atoms with Crippen LogP contribution in [0.2, 0.25) is 0 Å². The van der Waals surface area contributed by atoms with Crippen molar-refractivity contribution in [3.8, 4) is 5.75 Å². The molecule has 0 fully saturated rings. The Hall–Kier alpha value is -2.34. The number of thioether (sulfide) groups is 1. The third-order valence-electron chi connectivity index (χ3n) is 3.77. The molecule has 1 aromatic carbocycles. The predicted molar refractivity (Wildman–Crippen MR) is 119 cm³/mol. The Bertz CT molecular complexity index is 1130. The lowest BCUT2D eigenvalue weighted by molar-refractivity contribution is 0.102. The fraction of sp³-hybridized carbons (Fsp3) is 0.158. The zero-order chi connectivity index (χ0) is 20.9. The quantitative estimate of drug-likeness (QED) is 0.261. The predicted octanol–water partition coefficient (Wildman–Crippen LogP) is 5.63. The molecule has 0 bridgehead atoms. The van der Waals surface area contributed by atoms with Crippen molar-refractivity contribution in [3.63, 3.8) is 0 Å². The van der Waals surface area contributed by atoms with E-state index in [-0.39, 0.29) is 18.3 Å². The third kappa shape index (κ3) is 5.42. The third-order valence-corrected chi connectivity index (χ3v) is 7.98. The summed E-state index contributed by atoms with van der Waals surface area (Å²) in [5, 5.41) is 14.1. The average Bonchev–Trinajstić information content (AvgIpc) is 3.47. The number of carbonyl (C=O) groups is 1. The van der Waals surface area contributed by atoms with Crippen molar-refractivity contribution in [2.24, 2.45) is 0 Å². The van der Waals surface area contributed by atoms with Crippen molar-refractivity contribution in [2.45, 2.75) is 23.6 Å². The van der Waals surface area contributed by atoms with E-state index in [0.29, 0.717) is 26.5 Å². The summed E-state index contributed by atoms with van der Waals surface area (Å²) in [6, 6.07) is 9.85. The number of amides is 1. The highest BCUT2D eigenvalue weighted by molar-refractivity contribution is 8.00. The first-order chi connectivity index (χ1) is 14.6. The molecule has 4 rings (SSSR count). The number of rotatable bonds is 8. The second kappa shape index (κ2) is 9.65. The zero-order valence-electron chi connectivity index (χ0n) is 15.6. The molecule has 0 aliphatic heterocycles. The number of hydrogen-bond acceptors (Lipinski definition) is 9. The highest BCUT2D eigenvalue weighted by Gasteiger charge is 2.18. The molecule has 0 spiro atoms. The van der Waals surface area contributed by atoms with Crippen LogP contribution >= 0.6 is 45.8 Å². The molecule has 0 atom stereocenters. The summed E-state index contributed by atoms with van der Waals surface area (Å²) in [5.74, 6) is 0.767. The molecular weight excluding hydrogens is 464 g/mol. The van der Waals surface area contributed by atoms with Gasteiger partial charge in [-0.2, -0.15) is 0 Å². The van der Waals surface area contributed by atoms with Gasteiger partial charge < -0.3 is 4.74 Å². The number of ether oxygens (including phenoxy) is 1. The van der Waals surface area contributed by atoms with Crippen LogP contribution in [0.1, 0.15) is 25.3 Å². The Kier molecular flexibility index (Phi) is 6.72. The van der Waals surface area contributed by atoms with Gasteiger partial charge in [0.1, 0.15) is 28.1 Å². The maximum Gasteiger partial charge on any atom is 0.269 e. The monoisotopic (exact) mass is 478 g/mol. The van der Waals surface area contributed by atoms with Gasteiger partial charge in [-0.15, -0.1) is 32.9 Å². The summed E-state index contributed by atoms with van der Waals surface area (Å²) >= 11 is 5.88. The van der Waals surface area contributed by atoms with Crippen LogP contribution in [0.3, 0.4) is 0 Å². The number of hydrogen-bond donors (Lipinski definition) is 1. The summed E-state index contributed by atoms with van der Waals surface area (Å²) in [6.07, 6.45) is 0. The number of benzene rings is 1. The Balaban J connectivity index is 1.33. The van der Waals surface area contributed by atoms with E-state index < -0.39 is 0 Å². The topological polar surface area (TPSA) is 77.0 Å². The highest BCUT2D eigenvalue weighted by atomic mass is 32.2. The standard InChI is InChI=1S/C19H15FN4O2S4/c1-11-16(29-15(21-11)9-26-13-6-4-12(20)5-7-13)17(25)22-18-23-24-19(30-18)28-10-14-3-2-8-27-14/h2-8H,9-10H2,1H3,(H,22,23,25). The van der Waals surface area contributed by atoms with Crippen LogP contribution in [0.15, 0.2) is 46.1 Å². The first-order valence-corrected chi connectivity index (χ1v) is 12.2. The van der Waals surface area contributed by atoms with Gasteiger partial charge in [0.15, 0.2) is 4.34 Å². The van der Waals surface area contributed by atoms with Gasteiger partial charge in [0, 0.05) is 10.6 Å². The minimum atomic E-state index is -0.323. The van der Waals surface area contributed by atoms with Gasteiger partial charge in [-0.1, -0.05) is 29.2 Å². The molecule has 1 N–H and O–H groups in total. The average molecular weight is 479 g/mol. The Morgan fingerprint density at radius 2 is 2.03 bits per heavy atom. The minimum Gasteiger partial charge on any atom is -0.486 e. The number of thiophene rings is 1. The Morgan fingerprint density at radius 3 is 2.80 bits per heavy atom. The summed E-state index contributed by atoms with van der Waals surface area (Å²) in [4.78, 5) is 18.8. The maximum absolute atomic E-state index is 13.0. The zero-order valence-corrected chi connectivity index (χ0v) is 18.9. The van der Waals surface area contributed by atoms with Crippen LogP contribution in [0.25, 0.3) is 0 Å². The number of carbonyl (C=O) groups excluding carboxylic acids is 1. The molecule has 0 saturated heterocycles. The van der Waals surface area contributed by atoms with E-state index in [0.717, 1.165) is 10.1 Å². The molecule has 0 unspecified atom stereocenters. The lowest BCUT2D eigenvalue weighted by Gasteiger charge is -2.03. The van der Waals surface area contributed by atoms with Crippen molar-refractivity contribution in [1.29, 1.82) is 0 Å². The van der Waals surface area contributed by atoms with Gasteiger partial charge in [0.2, 0.25) is 5.13 Å². The molecule has 0 aliphatic carbocycles. The number of anilines is 1. The summed E-state index contributed by atoms with van der Waals surface area (Å²) < 4.78 is 19.4. The molecule has 4 aromatic rings. The molecule has 3 heterocycles. The lowest BCUT2D eigenvalue weighted by Crippen LogP contribution is -2.11. The fourth-order valence-electron chi connectivity index (χ4n) is 2.40. The summed E-state index contributed by atoms with van der Waals surface area (Å²) in [7, 11) is 0. The molecule has 0 saturated carbocycles. The van der Waals surface area contributed by atoms with Gasteiger partial charge in [0.05, 0.1) is 5.69 Å². The second-order valence-corrected chi connectivity index (χ2v) is 10.3. The van der Waals surface area contributed by atoms with Gasteiger partial charge in [-0.05, 0) is 42.6 Å². The number of aryl methyl sites for hydroxylation is 1. The smallest absolute Gasteiger partial charge is 0.269 e. The molecule has 1 amide bonds. The molecule has 0 aliphatic rings. The van der Waals surface area contributed by atoms with Gasteiger partial charge in [0.25, 0.3) is 5.91 Å². The summed E-state index contributed by atoms with van der Waals surface area (Å²) in [5.41, 5.74) is 0.618. The van der Waals surface area contributed by atoms with Crippen LogP contribution < -0.4 is 10.1 Å². The van der Waals surface area contributed by atoms with Crippen LogP contribution in [0.4, 0.5) is 9.52 Å². The first-order valence-electron chi connectivity index (χ1n) is 8.71. The van der Waals surface area contributed by atoms with E-state index in [1.165, 1.54) is 39.7 Å². The van der Waals surface area contributed by atoms with Crippen LogP contribution in [-0.4, -0.2) is 21.1 Å². The van der Waals surface area contributed by atoms with Crippen molar-refractivity contribution >= 4 is 56.8 Å². The highest BCUT2D eigenvalue weighted by Crippen LogP contribution is 2.30. The van der Waals surface area contributed by atoms with Crippen molar-refractivity contribution in [1.82, 2.24) is 15.2 Å². The van der Waals surface area contributed by atoms with E-state index in [2.05, 4.69) is 26.6 Å². The molecule has 11 heteroatoms. The van der Waals surface area contributed by atoms with Gasteiger partial charge >= 0.3 is 0 Å². The Morgan fingerprint density at radius 1 is 1.20 bits per heavy atom. The number of nitrogens with zero attached hydrogens (tertiary/aromatic N) is 3. The normalized spacial score (nSPS) is 10.9. The molecule has 0 radical (unpaired) electrons. The SMILES string of the molecule is Cc1nc(COc2ccc(F)cc2)sc1C(=O)Nc1nnc(SCc2cccs2)s1. The molecule has 154 valence electrons. The van der Waals surface area contributed by atoms with Gasteiger partial charge in [-0.3, -0.25) is 10.1 Å². The minimum absolute atomic E-state index is 0.201. The number of thiazole rings is 1. The number of halogens is 1. The second-order valence-electron chi connectivity index (χ2n) is 5.96. The van der Waals surface area contributed by atoms with E-state index in [4.69, 9.17) is 4.74 Å². The van der Waals surface area contributed by atoms with Crippen molar-refractivity contribution in [2.75, 3.05) is 5.32 Å². The largest absolute Gasteiger partial charge is 0.486 e. The van der Waals surface area contributed by atoms with Crippen molar-refractivity contribution in [3.05, 3.63) is 68.1 Å². The van der Waals surface area contributed by atoms with Crippen LogP contribution in [0, 0.1) is 12.7 Å². The maximum atomic E-state index is 13.0. The number of aromatic nitrogens is 3. The van der Waals surface area contributed by atoms with Crippen LogP contribution in [0.5, 0.6) is 5.75 Å². The molecule has 30 heavy (non-hydrogen) atoms.